The summed E-state index contributed by atoms with van der Waals surface area (Å²) in [6.07, 6.45) is 13.2. The van der Waals surface area contributed by atoms with Crippen molar-refractivity contribution in [1.29, 1.82) is 0 Å². The molecule has 0 radical (unpaired) electrons. The second kappa shape index (κ2) is 8.10. The Bertz CT molecular complexity index is 185. The van der Waals surface area contributed by atoms with Crippen LogP contribution in [0.3, 0.4) is 0 Å². The molecule has 2 nitrogen and oxygen atoms in total. The highest BCUT2D eigenvalue weighted by Gasteiger charge is 2.31. The minimum Gasteiger partial charge on any atom is -0.390 e. The third-order valence-electron chi connectivity index (χ3n) is 4.32. The Hall–Kier alpha value is -0.0800. The highest BCUT2D eigenvalue weighted by Crippen LogP contribution is 2.32. The van der Waals surface area contributed by atoms with E-state index in [0.717, 1.165) is 32.1 Å². The lowest BCUT2D eigenvalue weighted by Crippen LogP contribution is -2.40. The maximum Gasteiger partial charge on any atom is 0.0649 e. The Morgan fingerprint density at radius 3 is 2.24 bits per heavy atom. The van der Waals surface area contributed by atoms with Crippen molar-refractivity contribution in [2.24, 2.45) is 0 Å². The first-order valence-corrected chi connectivity index (χ1v) is 7.60. The molecule has 0 aromatic carbocycles. The van der Waals surface area contributed by atoms with Crippen molar-refractivity contribution in [3.8, 4) is 0 Å². The van der Waals surface area contributed by atoms with Crippen molar-refractivity contribution in [2.75, 3.05) is 7.05 Å². The third kappa shape index (κ3) is 5.87. The number of unbranched alkanes of at least 4 members (excludes halogenated alkanes) is 5. The van der Waals surface area contributed by atoms with Crippen LogP contribution in [0.2, 0.25) is 0 Å². The van der Waals surface area contributed by atoms with Crippen LogP contribution in [-0.2, 0) is 0 Å². The van der Waals surface area contributed by atoms with E-state index >= 15 is 0 Å². The predicted octanol–water partition coefficient (Wildman–Crippen LogP) is 3.63. The SMILES string of the molecule is CCCCCCCCC1(O)CCC(NC)CC1. The Morgan fingerprint density at radius 2 is 1.65 bits per heavy atom. The molecule has 2 N–H and O–H groups in total. The van der Waals surface area contributed by atoms with E-state index in [1.54, 1.807) is 0 Å². The fraction of sp³-hybridized carbons (Fsp3) is 1.00. The van der Waals surface area contributed by atoms with Crippen LogP contribution in [0.15, 0.2) is 0 Å². The Morgan fingerprint density at radius 1 is 1.06 bits per heavy atom. The van der Waals surface area contributed by atoms with E-state index in [1.165, 1.54) is 38.5 Å². The average molecular weight is 241 g/mol. The maximum atomic E-state index is 10.5. The van der Waals surface area contributed by atoms with Gasteiger partial charge in [-0.1, -0.05) is 45.4 Å². The van der Waals surface area contributed by atoms with E-state index in [1.807, 2.05) is 7.05 Å². The minimum atomic E-state index is -0.335. The maximum absolute atomic E-state index is 10.5. The highest BCUT2D eigenvalue weighted by molar-refractivity contribution is 4.87. The molecule has 1 aliphatic carbocycles. The number of hydrogen-bond donors (Lipinski definition) is 2. The first kappa shape index (κ1) is 15.0. The Kier molecular flexibility index (Phi) is 7.14. The molecule has 0 heterocycles. The quantitative estimate of drug-likeness (QED) is 0.636. The van der Waals surface area contributed by atoms with Gasteiger partial charge in [-0.15, -0.1) is 0 Å². The van der Waals surface area contributed by atoms with E-state index in [2.05, 4.69) is 12.2 Å². The van der Waals surface area contributed by atoms with Crippen molar-refractivity contribution >= 4 is 0 Å². The van der Waals surface area contributed by atoms with Crippen LogP contribution in [0.25, 0.3) is 0 Å². The van der Waals surface area contributed by atoms with Crippen LogP contribution in [0.5, 0.6) is 0 Å². The predicted molar refractivity (Wildman–Crippen MR) is 74.3 cm³/mol. The van der Waals surface area contributed by atoms with Gasteiger partial charge in [-0.05, 0) is 39.2 Å². The number of aliphatic hydroxyl groups is 1. The molecular weight excluding hydrogens is 210 g/mol. The van der Waals surface area contributed by atoms with Crippen molar-refractivity contribution < 1.29 is 5.11 Å². The molecule has 0 saturated heterocycles. The van der Waals surface area contributed by atoms with E-state index in [-0.39, 0.29) is 5.60 Å². The molecule has 0 atom stereocenters. The summed E-state index contributed by atoms with van der Waals surface area (Å²) < 4.78 is 0. The summed E-state index contributed by atoms with van der Waals surface area (Å²) in [7, 11) is 2.03. The van der Waals surface area contributed by atoms with Crippen molar-refractivity contribution in [3.05, 3.63) is 0 Å². The Labute approximate surface area is 107 Å². The lowest BCUT2D eigenvalue weighted by Gasteiger charge is -2.36. The largest absolute Gasteiger partial charge is 0.390 e. The van der Waals surface area contributed by atoms with Crippen molar-refractivity contribution in [3.63, 3.8) is 0 Å². The van der Waals surface area contributed by atoms with E-state index in [0.29, 0.717) is 6.04 Å². The zero-order valence-corrected chi connectivity index (χ0v) is 11.8. The summed E-state index contributed by atoms with van der Waals surface area (Å²) in [6.45, 7) is 2.25. The molecule has 0 aliphatic heterocycles. The van der Waals surface area contributed by atoms with Crippen molar-refractivity contribution in [2.45, 2.75) is 89.2 Å². The molecule has 1 aliphatic rings. The van der Waals surface area contributed by atoms with Crippen LogP contribution >= 0.6 is 0 Å². The summed E-state index contributed by atoms with van der Waals surface area (Å²) in [6, 6.07) is 0.639. The van der Waals surface area contributed by atoms with E-state index in [9.17, 15) is 5.11 Å². The summed E-state index contributed by atoms with van der Waals surface area (Å²) in [5, 5.41) is 13.8. The minimum absolute atomic E-state index is 0.335. The van der Waals surface area contributed by atoms with Crippen LogP contribution in [-0.4, -0.2) is 23.8 Å². The lowest BCUT2D eigenvalue weighted by molar-refractivity contribution is -0.0124. The molecule has 1 rings (SSSR count). The second-order valence-electron chi connectivity index (χ2n) is 5.81. The summed E-state index contributed by atoms with van der Waals surface area (Å²) in [4.78, 5) is 0. The van der Waals surface area contributed by atoms with Gasteiger partial charge in [-0.3, -0.25) is 0 Å². The van der Waals surface area contributed by atoms with Crippen LogP contribution in [0.4, 0.5) is 0 Å². The molecule has 17 heavy (non-hydrogen) atoms. The molecule has 102 valence electrons. The van der Waals surface area contributed by atoms with E-state index in [4.69, 9.17) is 0 Å². The monoisotopic (exact) mass is 241 g/mol. The molecular formula is C15H31NO. The lowest BCUT2D eigenvalue weighted by atomic mass is 9.79. The second-order valence-corrected chi connectivity index (χ2v) is 5.81. The molecule has 0 aromatic rings. The normalized spacial score (nSPS) is 29.5. The zero-order chi connectivity index (χ0) is 12.6. The van der Waals surface area contributed by atoms with Gasteiger partial charge in [0.25, 0.3) is 0 Å². The summed E-state index contributed by atoms with van der Waals surface area (Å²) in [5.74, 6) is 0. The average Bonchev–Trinajstić information content (AvgIpc) is 2.35. The zero-order valence-electron chi connectivity index (χ0n) is 11.8. The van der Waals surface area contributed by atoms with Gasteiger partial charge >= 0.3 is 0 Å². The van der Waals surface area contributed by atoms with Crippen LogP contribution in [0.1, 0.15) is 77.6 Å². The first-order valence-electron chi connectivity index (χ1n) is 7.60. The third-order valence-corrected chi connectivity index (χ3v) is 4.32. The van der Waals surface area contributed by atoms with E-state index < -0.39 is 0 Å². The first-order chi connectivity index (χ1) is 8.20. The standard InChI is InChI=1S/C15H31NO/c1-3-4-5-6-7-8-11-15(17)12-9-14(16-2)10-13-15/h14,16-17H,3-13H2,1-2H3. The Balaban J connectivity index is 2.06. The fourth-order valence-electron chi connectivity index (χ4n) is 2.93. The molecule has 1 fully saturated rings. The molecule has 1 saturated carbocycles. The molecule has 0 spiro atoms. The summed E-state index contributed by atoms with van der Waals surface area (Å²) >= 11 is 0. The van der Waals surface area contributed by atoms with Crippen LogP contribution < -0.4 is 5.32 Å². The number of rotatable bonds is 8. The number of hydrogen-bond acceptors (Lipinski definition) is 2. The molecule has 0 aromatic heterocycles. The van der Waals surface area contributed by atoms with Gasteiger partial charge in [0, 0.05) is 6.04 Å². The summed E-state index contributed by atoms with van der Waals surface area (Å²) in [5.41, 5.74) is -0.335. The topological polar surface area (TPSA) is 32.3 Å². The van der Waals surface area contributed by atoms with Gasteiger partial charge in [-0.2, -0.15) is 0 Å². The van der Waals surface area contributed by atoms with Gasteiger partial charge < -0.3 is 10.4 Å². The molecule has 2 heteroatoms. The molecule has 0 unspecified atom stereocenters. The highest BCUT2D eigenvalue weighted by atomic mass is 16.3. The van der Waals surface area contributed by atoms with Gasteiger partial charge in [0.15, 0.2) is 0 Å². The van der Waals surface area contributed by atoms with Gasteiger partial charge in [0.05, 0.1) is 5.60 Å². The van der Waals surface area contributed by atoms with Gasteiger partial charge in [-0.25, -0.2) is 0 Å². The van der Waals surface area contributed by atoms with Gasteiger partial charge in [0.2, 0.25) is 0 Å². The smallest absolute Gasteiger partial charge is 0.0649 e. The van der Waals surface area contributed by atoms with Crippen molar-refractivity contribution in [1.82, 2.24) is 5.32 Å². The molecule has 0 amide bonds. The fourth-order valence-corrected chi connectivity index (χ4v) is 2.93. The van der Waals surface area contributed by atoms with Crippen LogP contribution in [0, 0.1) is 0 Å². The number of nitrogens with one attached hydrogen (secondary N) is 1. The molecule has 0 bridgehead atoms. The van der Waals surface area contributed by atoms with Gasteiger partial charge in [0.1, 0.15) is 0 Å².